The van der Waals surface area contributed by atoms with E-state index < -0.39 is 11.8 Å². The number of hydrogen-bond donors (Lipinski definition) is 2. The number of nitrogens with two attached hydrogens (primary N) is 1. The number of primary amides is 1. The standard InChI is InChI=1S/C16H23N3O2S/c1-22-14-5-3-2-4-13(14)11-19-8-6-12(7-9-19)10-18-16(21)15(17)20/h2-5,12H,6-11H2,1H3,(H2,17,20)(H,18,21). The van der Waals surface area contributed by atoms with Gasteiger partial charge in [-0.25, -0.2) is 0 Å². The summed E-state index contributed by atoms with van der Waals surface area (Å²) in [5, 5.41) is 2.60. The molecule has 2 amide bonds. The Morgan fingerprint density at radius 2 is 2.00 bits per heavy atom. The van der Waals surface area contributed by atoms with Crippen LogP contribution in [0.4, 0.5) is 0 Å². The predicted octanol–water partition coefficient (Wildman–Crippen LogP) is 1.22. The second-order valence-electron chi connectivity index (χ2n) is 5.61. The highest BCUT2D eigenvalue weighted by atomic mass is 32.2. The maximum atomic E-state index is 11.2. The van der Waals surface area contributed by atoms with Crippen molar-refractivity contribution in [2.75, 3.05) is 25.9 Å². The largest absolute Gasteiger partial charge is 0.361 e. The Hall–Kier alpha value is -1.53. The number of benzene rings is 1. The van der Waals surface area contributed by atoms with Gasteiger partial charge < -0.3 is 11.1 Å². The van der Waals surface area contributed by atoms with Crippen molar-refractivity contribution in [1.82, 2.24) is 10.2 Å². The SMILES string of the molecule is CSc1ccccc1CN1CCC(CNC(=O)C(N)=O)CC1. The number of rotatable bonds is 5. The normalized spacial score (nSPS) is 16.4. The first kappa shape index (κ1) is 16.8. The van der Waals surface area contributed by atoms with Crippen LogP contribution in [0.2, 0.25) is 0 Å². The van der Waals surface area contributed by atoms with Crippen LogP contribution in [-0.2, 0) is 16.1 Å². The summed E-state index contributed by atoms with van der Waals surface area (Å²) in [6.45, 7) is 3.54. The molecule has 22 heavy (non-hydrogen) atoms. The lowest BCUT2D eigenvalue weighted by molar-refractivity contribution is -0.137. The monoisotopic (exact) mass is 321 g/mol. The van der Waals surface area contributed by atoms with Crippen molar-refractivity contribution in [2.24, 2.45) is 11.7 Å². The van der Waals surface area contributed by atoms with Gasteiger partial charge in [-0.2, -0.15) is 0 Å². The van der Waals surface area contributed by atoms with Gasteiger partial charge in [-0.1, -0.05) is 18.2 Å². The highest BCUT2D eigenvalue weighted by Crippen LogP contribution is 2.24. The van der Waals surface area contributed by atoms with E-state index in [9.17, 15) is 9.59 Å². The minimum Gasteiger partial charge on any atom is -0.361 e. The average Bonchev–Trinajstić information content (AvgIpc) is 2.54. The molecule has 0 saturated carbocycles. The van der Waals surface area contributed by atoms with Gasteiger partial charge in [0, 0.05) is 18.0 Å². The van der Waals surface area contributed by atoms with Gasteiger partial charge in [-0.3, -0.25) is 14.5 Å². The first-order chi connectivity index (χ1) is 10.6. The molecule has 2 rings (SSSR count). The molecule has 0 aliphatic carbocycles. The van der Waals surface area contributed by atoms with E-state index in [1.807, 2.05) is 0 Å². The molecule has 1 aliphatic heterocycles. The zero-order valence-electron chi connectivity index (χ0n) is 12.9. The third kappa shape index (κ3) is 4.74. The topological polar surface area (TPSA) is 75.4 Å². The molecule has 0 spiro atoms. The number of nitrogens with zero attached hydrogens (tertiary/aromatic N) is 1. The molecule has 1 fully saturated rings. The van der Waals surface area contributed by atoms with Crippen LogP contribution < -0.4 is 11.1 Å². The molecular weight excluding hydrogens is 298 g/mol. The molecule has 0 bridgehead atoms. The minimum atomic E-state index is -0.911. The van der Waals surface area contributed by atoms with E-state index in [0.717, 1.165) is 32.5 Å². The van der Waals surface area contributed by atoms with Gasteiger partial charge in [0.15, 0.2) is 0 Å². The lowest BCUT2D eigenvalue weighted by Crippen LogP contribution is -2.42. The fourth-order valence-corrected chi connectivity index (χ4v) is 3.36. The van der Waals surface area contributed by atoms with Crippen LogP contribution in [0, 0.1) is 5.92 Å². The van der Waals surface area contributed by atoms with Crippen LogP contribution in [0.3, 0.4) is 0 Å². The van der Waals surface area contributed by atoms with Crippen molar-refractivity contribution >= 4 is 23.6 Å². The molecule has 120 valence electrons. The van der Waals surface area contributed by atoms with E-state index in [2.05, 4.69) is 40.7 Å². The Labute approximate surface area is 135 Å². The Bertz CT molecular complexity index is 528. The van der Waals surface area contributed by atoms with E-state index in [4.69, 9.17) is 5.73 Å². The minimum absolute atomic E-state index is 0.426. The summed E-state index contributed by atoms with van der Waals surface area (Å²) in [4.78, 5) is 25.6. The first-order valence-corrected chi connectivity index (χ1v) is 8.74. The van der Waals surface area contributed by atoms with Crippen LogP contribution in [0.25, 0.3) is 0 Å². The molecule has 1 aromatic rings. The summed E-state index contributed by atoms with van der Waals surface area (Å²) in [7, 11) is 0. The number of piperidine rings is 1. The summed E-state index contributed by atoms with van der Waals surface area (Å²) in [6.07, 6.45) is 4.16. The number of likely N-dealkylation sites (tertiary alicyclic amines) is 1. The number of thioether (sulfide) groups is 1. The molecule has 1 saturated heterocycles. The number of hydrogen-bond acceptors (Lipinski definition) is 4. The molecule has 0 unspecified atom stereocenters. The maximum absolute atomic E-state index is 11.2. The molecular formula is C16H23N3O2S. The molecule has 0 aromatic heterocycles. The highest BCUT2D eigenvalue weighted by molar-refractivity contribution is 7.98. The van der Waals surface area contributed by atoms with Crippen molar-refractivity contribution in [3.63, 3.8) is 0 Å². The van der Waals surface area contributed by atoms with Crippen LogP contribution in [-0.4, -0.2) is 42.6 Å². The fourth-order valence-electron chi connectivity index (χ4n) is 2.75. The quantitative estimate of drug-likeness (QED) is 0.632. The lowest BCUT2D eigenvalue weighted by atomic mass is 9.96. The van der Waals surface area contributed by atoms with Gasteiger partial charge in [0.2, 0.25) is 0 Å². The van der Waals surface area contributed by atoms with E-state index >= 15 is 0 Å². The molecule has 1 aromatic carbocycles. The van der Waals surface area contributed by atoms with E-state index in [0.29, 0.717) is 12.5 Å². The van der Waals surface area contributed by atoms with Crippen LogP contribution in [0.5, 0.6) is 0 Å². The predicted molar refractivity (Wildman–Crippen MR) is 88.4 cm³/mol. The van der Waals surface area contributed by atoms with Gasteiger partial charge in [-0.05, 0) is 49.7 Å². The number of carbonyl (C=O) groups is 2. The fraction of sp³-hybridized carbons (Fsp3) is 0.500. The van der Waals surface area contributed by atoms with Crippen molar-refractivity contribution in [3.8, 4) is 0 Å². The van der Waals surface area contributed by atoms with Gasteiger partial charge in [0.1, 0.15) is 0 Å². The Morgan fingerprint density at radius 1 is 1.32 bits per heavy atom. The van der Waals surface area contributed by atoms with Gasteiger partial charge in [0.05, 0.1) is 0 Å². The van der Waals surface area contributed by atoms with Gasteiger partial charge in [0.25, 0.3) is 0 Å². The zero-order chi connectivity index (χ0) is 15.9. The van der Waals surface area contributed by atoms with Crippen LogP contribution in [0.15, 0.2) is 29.2 Å². The molecule has 3 N–H and O–H groups in total. The molecule has 5 nitrogen and oxygen atoms in total. The number of nitrogens with one attached hydrogen (secondary N) is 1. The zero-order valence-corrected chi connectivity index (χ0v) is 13.7. The third-order valence-electron chi connectivity index (χ3n) is 4.07. The summed E-state index contributed by atoms with van der Waals surface area (Å²) in [6, 6.07) is 8.50. The van der Waals surface area contributed by atoms with Crippen molar-refractivity contribution in [1.29, 1.82) is 0 Å². The Kier molecular flexibility index (Phi) is 6.27. The Balaban J connectivity index is 1.77. The molecule has 1 heterocycles. The van der Waals surface area contributed by atoms with E-state index in [-0.39, 0.29) is 0 Å². The van der Waals surface area contributed by atoms with Crippen LogP contribution >= 0.6 is 11.8 Å². The summed E-state index contributed by atoms with van der Waals surface area (Å²) in [5.74, 6) is -1.17. The van der Waals surface area contributed by atoms with Crippen LogP contribution in [0.1, 0.15) is 18.4 Å². The summed E-state index contributed by atoms with van der Waals surface area (Å²) >= 11 is 1.78. The number of carbonyl (C=O) groups excluding carboxylic acids is 2. The van der Waals surface area contributed by atoms with Crippen molar-refractivity contribution < 1.29 is 9.59 Å². The first-order valence-electron chi connectivity index (χ1n) is 7.52. The average molecular weight is 321 g/mol. The van der Waals surface area contributed by atoms with Gasteiger partial charge >= 0.3 is 11.8 Å². The summed E-state index contributed by atoms with van der Waals surface area (Å²) < 4.78 is 0. The smallest absolute Gasteiger partial charge is 0.309 e. The van der Waals surface area contributed by atoms with Gasteiger partial charge in [-0.15, -0.1) is 11.8 Å². The Morgan fingerprint density at radius 3 is 2.64 bits per heavy atom. The van der Waals surface area contributed by atoms with E-state index in [1.54, 1.807) is 11.8 Å². The molecule has 1 aliphatic rings. The highest BCUT2D eigenvalue weighted by Gasteiger charge is 2.21. The molecule has 0 atom stereocenters. The van der Waals surface area contributed by atoms with Crippen molar-refractivity contribution in [3.05, 3.63) is 29.8 Å². The maximum Gasteiger partial charge on any atom is 0.309 e. The summed E-state index contributed by atoms with van der Waals surface area (Å²) in [5.41, 5.74) is 6.30. The third-order valence-corrected chi connectivity index (χ3v) is 4.91. The van der Waals surface area contributed by atoms with Crippen molar-refractivity contribution in [2.45, 2.75) is 24.3 Å². The van der Waals surface area contributed by atoms with E-state index in [1.165, 1.54) is 10.5 Å². The lowest BCUT2D eigenvalue weighted by Gasteiger charge is -2.32. The molecule has 0 radical (unpaired) electrons. The number of amides is 2. The molecule has 6 heteroatoms. The second kappa shape index (κ2) is 8.19. The second-order valence-corrected chi connectivity index (χ2v) is 6.45.